The molecule has 0 spiro atoms. The van der Waals surface area contributed by atoms with Crippen LogP contribution in [0.25, 0.3) is 11.3 Å². The van der Waals surface area contributed by atoms with E-state index in [9.17, 15) is 0 Å². The number of fused-ring (bicyclic) bond motifs is 3. The van der Waals surface area contributed by atoms with Crippen LogP contribution in [0.5, 0.6) is 17.4 Å². The van der Waals surface area contributed by atoms with Crippen LogP contribution in [0.1, 0.15) is 29.8 Å². The Kier molecular flexibility index (Phi) is 8.97. The van der Waals surface area contributed by atoms with Gasteiger partial charge < -0.3 is 19.5 Å². The summed E-state index contributed by atoms with van der Waals surface area (Å²) < 4.78 is 19.7. The van der Waals surface area contributed by atoms with Crippen molar-refractivity contribution in [3.8, 4) is 28.6 Å². The maximum absolute atomic E-state index is 6.54. The third kappa shape index (κ3) is 6.43. The standard InChI is InChI=1S/C32H26ClIN4O3S/c1-2-39-27-17-22(16-25(34)29(27)40-18-20-10-4-3-5-11-20)30-35-26-15-9-7-13-23(26)28-31(41-30)36-32(38-37-28)42-19-21-12-6-8-14-24(21)33/h3-17,30,35H,2,18-19H2,1H3. The van der Waals surface area contributed by atoms with Gasteiger partial charge in [-0.25, -0.2) is 0 Å². The fourth-order valence-corrected chi connectivity index (χ4v) is 6.33. The fraction of sp³-hybridized carbons (Fsp3) is 0.156. The second-order valence-corrected chi connectivity index (χ2v) is 11.9. The molecule has 1 aliphatic heterocycles. The van der Waals surface area contributed by atoms with Gasteiger partial charge in [-0.1, -0.05) is 90.1 Å². The summed E-state index contributed by atoms with van der Waals surface area (Å²) >= 11 is 10.1. The lowest BCUT2D eigenvalue weighted by atomic mass is 10.1. The van der Waals surface area contributed by atoms with Gasteiger partial charge in [0.15, 0.2) is 23.4 Å². The zero-order valence-corrected chi connectivity index (χ0v) is 26.3. The quantitative estimate of drug-likeness (QED) is 0.121. The Balaban J connectivity index is 1.32. The summed E-state index contributed by atoms with van der Waals surface area (Å²) in [6.45, 7) is 2.89. The fourth-order valence-electron chi connectivity index (χ4n) is 4.49. The molecule has 0 saturated heterocycles. The van der Waals surface area contributed by atoms with Crippen molar-refractivity contribution in [3.63, 3.8) is 0 Å². The van der Waals surface area contributed by atoms with E-state index in [1.54, 1.807) is 0 Å². The van der Waals surface area contributed by atoms with E-state index in [1.807, 2.05) is 97.9 Å². The van der Waals surface area contributed by atoms with E-state index in [0.29, 0.717) is 52.2 Å². The van der Waals surface area contributed by atoms with Crippen molar-refractivity contribution < 1.29 is 14.2 Å². The van der Waals surface area contributed by atoms with Gasteiger partial charge in [-0.15, -0.1) is 10.2 Å². The zero-order valence-electron chi connectivity index (χ0n) is 22.6. The molecule has 0 aliphatic carbocycles. The van der Waals surface area contributed by atoms with Crippen LogP contribution in [0.15, 0.2) is 96.2 Å². The van der Waals surface area contributed by atoms with Gasteiger partial charge in [0.1, 0.15) is 6.61 Å². The Morgan fingerprint density at radius 3 is 2.57 bits per heavy atom. The number of aromatic nitrogens is 3. The highest BCUT2D eigenvalue weighted by atomic mass is 127. The number of ether oxygens (including phenoxy) is 3. The topological polar surface area (TPSA) is 78.4 Å². The van der Waals surface area contributed by atoms with E-state index in [2.05, 4.69) is 38.1 Å². The molecule has 1 N–H and O–H groups in total. The maximum Gasteiger partial charge on any atom is 0.247 e. The van der Waals surface area contributed by atoms with Gasteiger partial charge in [0.2, 0.25) is 11.0 Å². The van der Waals surface area contributed by atoms with E-state index >= 15 is 0 Å². The lowest BCUT2D eigenvalue weighted by Gasteiger charge is -2.22. The molecule has 0 amide bonds. The zero-order chi connectivity index (χ0) is 28.9. The van der Waals surface area contributed by atoms with Crippen LogP contribution in [0.4, 0.5) is 5.69 Å². The van der Waals surface area contributed by atoms with Gasteiger partial charge in [0.25, 0.3) is 0 Å². The van der Waals surface area contributed by atoms with Crippen LogP contribution in [0.3, 0.4) is 0 Å². The molecule has 10 heteroatoms. The lowest BCUT2D eigenvalue weighted by molar-refractivity contribution is 0.223. The summed E-state index contributed by atoms with van der Waals surface area (Å²) in [7, 11) is 0. The highest BCUT2D eigenvalue weighted by Gasteiger charge is 2.28. The van der Waals surface area contributed by atoms with Crippen LogP contribution in [0, 0.1) is 3.57 Å². The van der Waals surface area contributed by atoms with Crippen LogP contribution in [-0.2, 0) is 12.4 Å². The molecular formula is C32H26ClIN4O3S. The van der Waals surface area contributed by atoms with Crippen LogP contribution in [-0.4, -0.2) is 21.8 Å². The van der Waals surface area contributed by atoms with Crippen molar-refractivity contribution in [2.45, 2.75) is 30.7 Å². The van der Waals surface area contributed by atoms with Gasteiger partial charge >= 0.3 is 0 Å². The molecule has 212 valence electrons. The molecule has 1 unspecified atom stereocenters. The number of thioether (sulfide) groups is 1. The Morgan fingerprint density at radius 2 is 1.74 bits per heavy atom. The third-order valence-electron chi connectivity index (χ3n) is 6.51. The average molecular weight is 709 g/mol. The van der Waals surface area contributed by atoms with Gasteiger partial charge in [0.05, 0.1) is 10.2 Å². The Bertz CT molecular complexity index is 1710. The Labute approximate surface area is 267 Å². The highest BCUT2D eigenvalue weighted by molar-refractivity contribution is 14.1. The first-order valence-corrected chi connectivity index (χ1v) is 15.8. The van der Waals surface area contributed by atoms with Crippen molar-refractivity contribution in [3.05, 3.63) is 116 Å². The number of hydrogen-bond donors (Lipinski definition) is 1. The maximum atomic E-state index is 6.54. The van der Waals surface area contributed by atoms with E-state index in [4.69, 9.17) is 30.8 Å². The molecule has 1 atom stereocenters. The predicted octanol–water partition coefficient (Wildman–Crippen LogP) is 8.57. The number of nitrogens with zero attached hydrogens (tertiary/aromatic N) is 3. The van der Waals surface area contributed by atoms with E-state index < -0.39 is 6.23 Å². The van der Waals surface area contributed by atoms with Crippen molar-refractivity contribution in [2.24, 2.45) is 0 Å². The Morgan fingerprint density at radius 1 is 0.952 bits per heavy atom. The lowest BCUT2D eigenvalue weighted by Crippen LogP contribution is -2.18. The van der Waals surface area contributed by atoms with E-state index in [1.165, 1.54) is 11.8 Å². The van der Waals surface area contributed by atoms with Crippen molar-refractivity contribution in [2.75, 3.05) is 11.9 Å². The second kappa shape index (κ2) is 13.2. The van der Waals surface area contributed by atoms with Crippen molar-refractivity contribution in [1.82, 2.24) is 15.2 Å². The monoisotopic (exact) mass is 708 g/mol. The van der Waals surface area contributed by atoms with Crippen LogP contribution in [0.2, 0.25) is 5.02 Å². The normalized spacial score (nSPS) is 13.6. The molecule has 7 nitrogen and oxygen atoms in total. The molecule has 0 fully saturated rings. The molecular weight excluding hydrogens is 683 g/mol. The molecule has 6 rings (SSSR count). The number of nitrogens with one attached hydrogen (secondary N) is 1. The summed E-state index contributed by atoms with van der Waals surface area (Å²) in [6.07, 6.45) is -0.568. The van der Waals surface area contributed by atoms with Gasteiger partial charge in [-0.3, -0.25) is 0 Å². The Hall–Kier alpha value is -3.54. The number of halogens is 2. The molecule has 1 aromatic heterocycles. The molecule has 0 radical (unpaired) electrons. The summed E-state index contributed by atoms with van der Waals surface area (Å²) in [5.74, 6) is 2.35. The first-order chi connectivity index (χ1) is 20.6. The number of benzene rings is 4. The third-order valence-corrected chi connectivity index (χ3v) is 8.57. The van der Waals surface area contributed by atoms with E-state index in [-0.39, 0.29) is 0 Å². The van der Waals surface area contributed by atoms with Crippen LogP contribution >= 0.6 is 46.0 Å². The predicted molar refractivity (Wildman–Crippen MR) is 174 cm³/mol. The largest absolute Gasteiger partial charge is 0.490 e. The molecule has 1 aliphatic rings. The second-order valence-electron chi connectivity index (χ2n) is 9.35. The number of hydrogen-bond acceptors (Lipinski definition) is 8. The summed E-state index contributed by atoms with van der Waals surface area (Å²) in [4.78, 5) is 4.78. The minimum atomic E-state index is -0.568. The molecule has 4 aromatic carbocycles. The minimum absolute atomic E-state index is 0.395. The van der Waals surface area contributed by atoms with Gasteiger partial charge in [-0.05, 0) is 64.9 Å². The number of anilines is 1. The molecule has 5 aromatic rings. The average Bonchev–Trinajstić information content (AvgIpc) is 3.17. The molecule has 0 bridgehead atoms. The number of para-hydroxylation sites is 1. The number of rotatable bonds is 9. The van der Waals surface area contributed by atoms with Gasteiger partial charge in [0, 0.05) is 27.6 Å². The first-order valence-electron chi connectivity index (χ1n) is 13.4. The SMILES string of the molecule is CCOc1cc(C2Nc3ccccc3-c3nnc(SCc4ccccc4Cl)nc3O2)cc(I)c1OCc1ccccc1. The molecule has 42 heavy (non-hydrogen) atoms. The minimum Gasteiger partial charge on any atom is -0.490 e. The molecule has 2 heterocycles. The summed E-state index contributed by atoms with van der Waals surface area (Å²) in [5.41, 5.74) is 5.25. The first kappa shape index (κ1) is 28.6. The van der Waals surface area contributed by atoms with Crippen LogP contribution < -0.4 is 19.5 Å². The van der Waals surface area contributed by atoms with E-state index in [0.717, 1.165) is 31.5 Å². The smallest absolute Gasteiger partial charge is 0.247 e. The highest BCUT2D eigenvalue weighted by Crippen LogP contribution is 2.42. The molecule has 0 saturated carbocycles. The van der Waals surface area contributed by atoms with Crippen molar-refractivity contribution >= 4 is 51.6 Å². The van der Waals surface area contributed by atoms with Gasteiger partial charge in [-0.2, -0.15) is 4.98 Å². The summed E-state index contributed by atoms with van der Waals surface area (Å²) in [5, 5.41) is 13.7. The van der Waals surface area contributed by atoms with Crippen molar-refractivity contribution in [1.29, 1.82) is 0 Å². The summed E-state index contributed by atoms with van der Waals surface area (Å²) in [6, 6.07) is 29.7.